The topological polar surface area (TPSA) is 46.3 Å². The first-order valence-corrected chi connectivity index (χ1v) is 6.53. The summed E-state index contributed by atoms with van der Waals surface area (Å²) in [6.07, 6.45) is 0.853. The van der Waals surface area contributed by atoms with Crippen LogP contribution in [0.5, 0.6) is 0 Å². The number of nitrogens with two attached hydrogens (primary N) is 1. The van der Waals surface area contributed by atoms with Crippen molar-refractivity contribution < 1.29 is 4.79 Å². The third kappa shape index (κ3) is 3.32. The highest BCUT2D eigenvalue weighted by Crippen LogP contribution is 2.18. The van der Waals surface area contributed by atoms with Crippen LogP contribution in [0.2, 0.25) is 0 Å². The van der Waals surface area contributed by atoms with Crippen LogP contribution in [0.1, 0.15) is 11.1 Å². The molecule has 2 aromatic carbocycles. The number of hydrogen-bond acceptors (Lipinski definition) is 2. The maximum absolute atomic E-state index is 11.4. The van der Waals surface area contributed by atoms with E-state index in [-0.39, 0.29) is 12.5 Å². The zero-order valence-corrected chi connectivity index (χ0v) is 11.5. The summed E-state index contributed by atoms with van der Waals surface area (Å²) < 4.78 is 0. The highest BCUT2D eigenvalue weighted by Gasteiger charge is 2.06. The summed E-state index contributed by atoms with van der Waals surface area (Å²) >= 11 is 0. The van der Waals surface area contributed by atoms with E-state index in [9.17, 15) is 4.79 Å². The molecule has 0 spiro atoms. The Morgan fingerprint density at radius 1 is 1.16 bits per heavy atom. The Hall–Kier alpha value is -1.87. The van der Waals surface area contributed by atoms with Crippen molar-refractivity contribution in [3.63, 3.8) is 0 Å². The predicted octanol–water partition coefficient (Wildman–Crippen LogP) is 2.11. The fourth-order valence-corrected chi connectivity index (χ4v) is 2.15. The lowest BCUT2D eigenvalue weighted by Gasteiger charge is -2.16. The molecule has 0 aliphatic heterocycles. The number of rotatable bonds is 4. The van der Waals surface area contributed by atoms with Crippen molar-refractivity contribution in [3.8, 4) is 0 Å². The van der Waals surface area contributed by atoms with E-state index < -0.39 is 0 Å². The van der Waals surface area contributed by atoms with E-state index in [2.05, 4.69) is 43.3 Å². The molecule has 0 saturated carbocycles. The minimum Gasteiger partial charge on any atom is -0.344 e. The van der Waals surface area contributed by atoms with Crippen LogP contribution >= 0.6 is 0 Å². The number of aryl methyl sites for hydroxylation is 1. The zero-order chi connectivity index (χ0) is 13.8. The zero-order valence-electron chi connectivity index (χ0n) is 11.5. The van der Waals surface area contributed by atoms with Gasteiger partial charge in [0.15, 0.2) is 0 Å². The van der Waals surface area contributed by atoms with Crippen molar-refractivity contribution in [2.45, 2.75) is 13.3 Å². The quantitative estimate of drug-likeness (QED) is 0.910. The third-order valence-corrected chi connectivity index (χ3v) is 3.40. The molecule has 0 aliphatic carbocycles. The molecule has 19 heavy (non-hydrogen) atoms. The van der Waals surface area contributed by atoms with Crippen LogP contribution in [-0.4, -0.2) is 30.9 Å². The first-order chi connectivity index (χ1) is 9.10. The molecule has 3 heteroatoms. The molecule has 0 radical (unpaired) electrons. The largest absolute Gasteiger partial charge is 0.344 e. The number of benzene rings is 2. The lowest BCUT2D eigenvalue weighted by Crippen LogP contribution is -2.34. The first kappa shape index (κ1) is 13.6. The Morgan fingerprint density at radius 2 is 1.84 bits per heavy atom. The van der Waals surface area contributed by atoms with Crippen molar-refractivity contribution in [2.24, 2.45) is 5.73 Å². The molecule has 0 atom stereocenters. The van der Waals surface area contributed by atoms with Gasteiger partial charge in [-0.2, -0.15) is 0 Å². The number of fused-ring (bicyclic) bond motifs is 1. The summed E-state index contributed by atoms with van der Waals surface area (Å²) in [5.41, 5.74) is 7.85. The minimum absolute atomic E-state index is 0.0172. The number of carbonyl (C=O) groups is 1. The smallest absolute Gasteiger partial charge is 0.236 e. The average molecular weight is 256 g/mol. The lowest BCUT2D eigenvalue weighted by molar-refractivity contribution is -0.128. The van der Waals surface area contributed by atoms with Crippen LogP contribution in [0, 0.1) is 6.92 Å². The Labute approximate surface area is 114 Å². The lowest BCUT2D eigenvalue weighted by atomic mass is 10.0. The molecule has 100 valence electrons. The molecule has 2 aromatic rings. The van der Waals surface area contributed by atoms with Gasteiger partial charge in [-0.15, -0.1) is 0 Å². The van der Waals surface area contributed by atoms with Crippen LogP contribution in [0.3, 0.4) is 0 Å². The summed E-state index contributed by atoms with van der Waals surface area (Å²) in [5.74, 6) is -0.0172. The molecule has 0 aliphatic rings. The van der Waals surface area contributed by atoms with Gasteiger partial charge in [-0.25, -0.2) is 0 Å². The van der Waals surface area contributed by atoms with Gasteiger partial charge in [-0.1, -0.05) is 42.0 Å². The van der Waals surface area contributed by atoms with E-state index in [0.717, 1.165) is 6.42 Å². The standard InChI is InChI=1S/C16H20N2O/c1-12-3-5-15-10-13(4-6-14(15)9-12)7-8-18(2)16(19)11-17/h3-6,9-10H,7-8,11,17H2,1-2H3. The molecule has 0 heterocycles. The van der Waals surface area contributed by atoms with E-state index in [4.69, 9.17) is 5.73 Å². The fraction of sp³-hybridized carbons (Fsp3) is 0.312. The van der Waals surface area contributed by atoms with Crippen molar-refractivity contribution in [3.05, 3.63) is 47.5 Å². The maximum atomic E-state index is 11.4. The summed E-state index contributed by atoms with van der Waals surface area (Å²) in [6.45, 7) is 2.88. The number of hydrogen-bond donors (Lipinski definition) is 1. The SMILES string of the molecule is Cc1ccc2cc(CCN(C)C(=O)CN)ccc2c1. The Bertz CT molecular complexity index is 592. The highest BCUT2D eigenvalue weighted by atomic mass is 16.2. The van der Waals surface area contributed by atoms with Crippen LogP contribution in [0.25, 0.3) is 10.8 Å². The van der Waals surface area contributed by atoms with Crippen molar-refractivity contribution in [2.75, 3.05) is 20.1 Å². The van der Waals surface area contributed by atoms with Gasteiger partial charge in [-0.05, 0) is 29.7 Å². The van der Waals surface area contributed by atoms with Crippen molar-refractivity contribution in [1.82, 2.24) is 4.90 Å². The van der Waals surface area contributed by atoms with Crippen molar-refractivity contribution in [1.29, 1.82) is 0 Å². The molecule has 0 aromatic heterocycles. The molecule has 0 saturated heterocycles. The van der Waals surface area contributed by atoms with Crippen LogP contribution < -0.4 is 5.73 Å². The molecule has 2 N–H and O–H groups in total. The maximum Gasteiger partial charge on any atom is 0.236 e. The molecular formula is C16H20N2O. The van der Waals surface area contributed by atoms with Gasteiger partial charge in [0.25, 0.3) is 0 Å². The van der Waals surface area contributed by atoms with Crippen LogP contribution in [0.4, 0.5) is 0 Å². The Balaban J connectivity index is 2.09. The van der Waals surface area contributed by atoms with E-state index >= 15 is 0 Å². The van der Waals surface area contributed by atoms with Gasteiger partial charge in [-0.3, -0.25) is 4.79 Å². The second kappa shape index (κ2) is 5.85. The average Bonchev–Trinajstić information content (AvgIpc) is 2.43. The molecule has 2 rings (SSSR count). The van der Waals surface area contributed by atoms with Gasteiger partial charge < -0.3 is 10.6 Å². The summed E-state index contributed by atoms with van der Waals surface area (Å²) in [4.78, 5) is 13.1. The summed E-state index contributed by atoms with van der Waals surface area (Å²) in [6, 6.07) is 12.9. The number of nitrogens with zero attached hydrogens (tertiary/aromatic N) is 1. The van der Waals surface area contributed by atoms with Gasteiger partial charge in [0.2, 0.25) is 5.91 Å². The second-order valence-corrected chi connectivity index (χ2v) is 4.95. The monoisotopic (exact) mass is 256 g/mol. The summed E-state index contributed by atoms with van der Waals surface area (Å²) in [5, 5.41) is 2.51. The van der Waals surface area contributed by atoms with E-state index in [1.165, 1.54) is 21.9 Å². The summed E-state index contributed by atoms with van der Waals surface area (Å²) in [7, 11) is 1.79. The molecule has 1 amide bonds. The Kier molecular flexibility index (Phi) is 4.17. The number of amides is 1. The van der Waals surface area contributed by atoms with Gasteiger partial charge in [0.1, 0.15) is 0 Å². The van der Waals surface area contributed by atoms with Gasteiger partial charge >= 0.3 is 0 Å². The van der Waals surface area contributed by atoms with E-state index in [0.29, 0.717) is 6.54 Å². The van der Waals surface area contributed by atoms with Crippen LogP contribution in [0.15, 0.2) is 36.4 Å². The molecule has 0 fully saturated rings. The molecular weight excluding hydrogens is 236 g/mol. The Morgan fingerprint density at radius 3 is 2.58 bits per heavy atom. The van der Waals surface area contributed by atoms with Gasteiger partial charge in [0, 0.05) is 13.6 Å². The second-order valence-electron chi connectivity index (χ2n) is 4.95. The minimum atomic E-state index is -0.0172. The van der Waals surface area contributed by atoms with Gasteiger partial charge in [0.05, 0.1) is 6.54 Å². The molecule has 0 unspecified atom stereocenters. The van der Waals surface area contributed by atoms with Crippen LogP contribution in [-0.2, 0) is 11.2 Å². The fourth-order valence-electron chi connectivity index (χ4n) is 2.15. The number of likely N-dealkylation sites (N-methyl/N-ethyl adjacent to an activating group) is 1. The van der Waals surface area contributed by atoms with Crippen molar-refractivity contribution >= 4 is 16.7 Å². The third-order valence-electron chi connectivity index (χ3n) is 3.40. The normalized spacial score (nSPS) is 10.7. The number of carbonyl (C=O) groups excluding carboxylic acids is 1. The van der Waals surface area contributed by atoms with E-state index in [1.807, 2.05) is 0 Å². The highest BCUT2D eigenvalue weighted by molar-refractivity contribution is 5.83. The molecule has 0 bridgehead atoms. The first-order valence-electron chi connectivity index (χ1n) is 6.53. The van der Waals surface area contributed by atoms with E-state index in [1.54, 1.807) is 11.9 Å². The predicted molar refractivity (Wildman–Crippen MR) is 79.1 cm³/mol. The molecule has 3 nitrogen and oxygen atoms in total.